The fourth-order valence-corrected chi connectivity index (χ4v) is 4.60. The van der Waals surface area contributed by atoms with Crippen LogP contribution < -0.4 is 10.6 Å². The number of amides is 2. The molecule has 0 aliphatic heterocycles. The summed E-state index contributed by atoms with van der Waals surface area (Å²) in [5.41, 5.74) is 1.43. The first kappa shape index (κ1) is 21.5. The molecule has 7 nitrogen and oxygen atoms in total. The Bertz CT molecular complexity index is 1220. The molecule has 2 amide bonds. The Kier molecular flexibility index (Phi) is 6.67. The van der Waals surface area contributed by atoms with Crippen LogP contribution in [-0.4, -0.2) is 21.8 Å². The van der Waals surface area contributed by atoms with E-state index in [2.05, 4.69) is 20.6 Å². The van der Waals surface area contributed by atoms with Crippen molar-refractivity contribution in [1.29, 1.82) is 0 Å². The molecule has 0 atom stereocenters. The monoisotopic (exact) mass is 492 g/mol. The number of carbonyl (C=O) groups excluding carboxylic acids is 2. The quantitative estimate of drug-likeness (QED) is 0.353. The van der Waals surface area contributed by atoms with Crippen molar-refractivity contribution < 1.29 is 14.0 Å². The molecule has 0 aliphatic rings. The lowest BCUT2D eigenvalue weighted by Gasteiger charge is -2.03. The Morgan fingerprint density at radius 3 is 2.77 bits per heavy atom. The molecule has 0 saturated carbocycles. The van der Waals surface area contributed by atoms with Gasteiger partial charge in [0.15, 0.2) is 16.0 Å². The van der Waals surface area contributed by atoms with Crippen LogP contribution in [-0.2, 0) is 17.6 Å². The lowest BCUT2D eigenvalue weighted by atomic mass is 10.1. The van der Waals surface area contributed by atoms with Gasteiger partial charge in [-0.05, 0) is 23.8 Å². The topological polar surface area (TPSA) is 97.1 Å². The van der Waals surface area contributed by atoms with Crippen LogP contribution in [0.1, 0.15) is 26.7 Å². The number of hydrogen-bond acceptors (Lipinski definition) is 7. The molecule has 4 rings (SSSR count). The van der Waals surface area contributed by atoms with Crippen LogP contribution in [0.25, 0.3) is 0 Å². The fourth-order valence-electron chi connectivity index (χ4n) is 2.66. The summed E-state index contributed by atoms with van der Waals surface area (Å²) in [6, 6.07) is 8.65. The number of thiazole rings is 2. The Hall–Kier alpha value is -2.72. The molecule has 0 saturated heterocycles. The van der Waals surface area contributed by atoms with Crippen molar-refractivity contribution in [3.63, 3.8) is 0 Å². The number of hydrogen-bond donors (Lipinski definition) is 2. The van der Waals surface area contributed by atoms with Crippen LogP contribution in [0.5, 0.6) is 0 Å². The summed E-state index contributed by atoms with van der Waals surface area (Å²) in [4.78, 5) is 33.8. The molecule has 3 aromatic heterocycles. The minimum absolute atomic E-state index is 0.0577. The number of benzene rings is 1. The van der Waals surface area contributed by atoms with Crippen molar-refractivity contribution in [1.82, 2.24) is 9.97 Å². The van der Waals surface area contributed by atoms with Gasteiger partial charge in [-0.25, -0.2) is 9.97 Å². The number of nitrogens with zero attached hydrogens (tertiary/aromatic N) is 2. The first-order valence-electron chi connectivity index (χ1n) is 8.94. The third-order valence-electron chi connectivity index (χ3n) is 4.06. The summed E-state index contributed by atoms with van der Waals surface area (Å²) < 4.78 is 5.04. The highest BCUT2D eigenvalue weighted by Crippen LogP contribution is 2.29. The second-order valence-electron chi connectivity index (χ2n) is 6.32. The van der Waals surface area contributed by atoms with E-state index in [1.165, 1.54) is 28.9 Å². The van der Waals surface area contributed by atoms with E-state index >= 15 is 0 Å². The Balaban J connectivity index is 1.32. The van der Waals surface area contributed by atoms with E-state index in [0.29, 0.717) is 32.4 Å². The van der Waals surface area contributed by atoms with Crippen molar-refractivity contribution in [2.75, 3.05) is 10.6 Å². The largest absolute Gasteiger partial charge is 0.459 e. The van der Waals surface area contributed by atoms with E-state index in [9.17, 15) is 9.59 Å². The van der Waals surface area contributed by atoms with Gasteiger partial charge in [0, 0.05) is 22.9 Å². The predicted molar refractivity (Wildman–Crippen MR) is 122 cm³/mol. The summed E-state index contributed by atoms with van der Waals surface area (Å²) in [5.74, 6) is -0.463. The zero-order chi connectivity index (χ0) is 21.8. The van der Waals surface area contributed by atoms with Crippen LogP contribution >= 0.6 is 45.9 Å². The third kappa shape index (κ3) is 5.50. The van der Waals surface area contributed by atoms with E-state index in [1.807, 2.05) is 12.1 Å². The predicted octanol–water partition coefficient (Wildman–Crippen LogP) is 5.52. The van der Waals surface area contributed by atoms with Gasteiger partial charge in [0.2, 0.25) is 5.91 Å². The molecule has 0 unspecified atom stereocenters. The Morgan fingerprint density at radius 2 is 1.97 bits per heavy atom. The average Bonchev–Trinajstić information content (AvgIpc) is 3.48. The van der Waals surface area contributed by atoms with Crippen molar-refractivity contribution in [2.24, 2.45) is 0 Å². The van der Waals surface area contributed by atoms with Crippen LogP contribution in [0.3, 0.4) is 0 Å². The maximum absolute atomic E-state index is 12.3. The van der Waals surface area contributed by atoms with Crippen molar-refractivity contribution >= 4 is 68.0 Å². The first-order valence-corrected chi connectivity index (χ1v) is 11.4. The summed E-state index contributed by atoms with van der Waals surface area (Å²) >= 11 is 14.9. The van der Waals surface area contributed by atoms with E-state index in [1.54, 1.807) is 29.8 Å². The van der Waals surface area contributed by atoms with Crippen LogP contribution in [0.2, 0.25) is 10.0 Å². The fraction of sp³-hybridized carbons (Fsp3) is 0.100. The van der Waals surface area contributed by atoms with Gasteiger partial charge in [0.25, 0.3) is 5.91 Å². The summed E-state index contributed by atoms with van der Waals surface area (Å²) in [5, 5.41) is 9.01. The second-order valence-corrected chi connectivity index (χ2v) is 9.08. The number of carbonyl (C=O) groups is 2. The molecular formula is C20H14Cl2N4O3S2. The van der Waals surface area contributed by atoms with E-state index in [4.69, 9.17) is 27.6 Å². The zero-order valence-electron chi connectivity index (χ0n) is 15.7. The number of aromatic nitrogens is 2. The second kappa shape index (κ2) is 9.61. The molecular weight excluding hydrogens is 479 g/mol. The van der Waals surface area contributed by atoms with Gasteiger partial charge in [-0.3, -0.25) is 14.9 Å². The Labute approximate surface area is 195 Å². The van der Waals surface area contributed by atoms with Crippen molar-refractivity contribution in [3.8, 4) is 0 Å². The molecule has 11 heteroatoms. The summed E-state index contributed by atoms with van der Waals surface area (Å²) in [6.45, 7) is 0. The van der Waals surface area contributed by atoms with Crippen molar-refractivity contribution in [2.45, 2.75) is 12.8 Å². The van der Waals surface area contributed by atoms with Gasteiger partial charge < -0.3 is 9.73 Å². The number of halogens is 2. The minimum Gasteiger partial charge on any atom is -0.459 e. The lowest BCUT2D eigenvalue weighted by Crippen LogP contribution is -2.15. The normalized spacial score (nSPS) is 10.8. The molecule has 1 aromatic carbocycles. The van der Waals surface area contributed by atoms with Gasteiger partial charge in [0.05, 0.1) is 28.4 Å². The summed E-state index contributed by atoms with van der Waals surface area (Å²) in [7, 11) is 0. The van der Waals surface area contributed by atoms with Gasteiger partial charge in [-0.2, -0.15) is 0 Å². The van der Waals surface area contributed by atoms with Crippen LogP contribution in [0.4, 0.5) is 10.3 Å². The molecule has 0 radical (unpaired) electrons. The highest BCUT2D eigenvalue weighted by Gasteiger charge is 2.14. The molecule has 0 spiro atoms. The average molecular weight is 493 g/mol. The first-order chi connectivity index (χ1) is 15.0. The molecule has 31 heavy (non-hydrogen) atoms. The van der Waals surface area contributed by atoms with Gasteiger partial charge in [-0.15, -0.1) is 22.7 Å². The highest BCUT2D eigenvalue weighted by molar-refractivity contribution is 7.15. The molecule has 0 bridgehead atoms. The van der Waals surface area contributed by atoms with Gasteiger partial charge in [-0.1, -0.05) is 35.3 Å². The van der Waals surface area contributed by atoms with E-state index in [-0.39, 0.29) is 18.1 Å². The Morgan fingerprint density at radius 1 is 1.10 bits per heavy atom. The zero-order valence-corrected chi connectivity index (χ0v) is 18.9. The van der Waals surface area contributed by atoms with E-state index < -0.39 is 5.91 Å². The SMILES string of the molecule is O=C(Cc1csc(NC(=O)c2ccco2)n1)Nc1ncc(Cc2cccc(Cl)c2Cl)s1. The summed E-state index contributed by atoms with van der Waals surface area (Å²) in [6.07, 6.45) is 3.74. The van der Waals surface area contributed by atoms with Gasteiger partial charge >= 0.3 is 0 Å². The maximum Gasteiger partial charge on any atom is 0.293 e. The smallest absolute Gasteiger partial charge is 0.293 e. The number of furan rings is 1. The maximum atomic E-state index is 12.3. The van der Waals surface area contributed by atoms with Crippen LogP contribution in [0, 0.1) is 0 Å². The van der Waals surface area contributed by atoms with E-state index in [0.717, 1.165) is 10.4 Å². The third-order valence-corrected chi connectivity index (χ3v) is 6.63. The van der Waals surface area contributed by atoms with Crippen LogP contribution in [0.15, 0.2) is 52.6 Å². The van der Waals surface area contributed by atoms with Crippen molar-refractivity contribution in [3.05, 3.63) is 80.1 Å². The number of anilines is 2. The number of rotatable bonds is 7. The van der Waals surface area contributed by atoms with Gasteiger partial charge in [0.1, 0.15) is 0 Å². The lowest BCUT2D eigenvalue weighted by molar-refractivity contribution is -0.115. The molecule has 0 aliphatic carbocycles. The molecule has 0 fully saturated rings. The number of nitrogens with one attached hydrogen (secondary N) is 2. The highest BCUT2D eigenvalue weighted by atomic mass is 35.5. The molecule has 158 valence electrons. The standard InChI is InChI=1S/C20H14Cl2N4O3S2/c21-14-4-1-3-11(17(14)22)7-13-9-23-19(31-13)25-16(27)8-12-10-30-20(24-12)26-18(28)15-5-2-6-29-15/h1-6,9-10H,7-8H2,(H,23,25,27)(H,24,26,28). The molecule has 2 N–H and O–H groups in total. The molecule has 3 heterocycles. The minimum atomic E-state index is -0.398. The molecule has 4 aromatic rings.